The van der Waals surface area contributed by atoms with Crippen LogP contribution in [-0.2, 0) is 18.8 Å². The van der Waals surface area contributed by atoms with Crippen LogP contribution >= 0.6 is 9.47 Å². The van der Waals surface area contributed by atoms with Crippen molar-refractivity contribution < 1.29 is 23.6 Å². The SMILES string of the molecule is CC(=[N+]=[N-])C(=O)N1COC(=O)C1COP. The molecule has 2 atom stereocenters. The van der Waals surface area contributed by atoms with Crippen LogP contribution in [0.15, 0.2) is 0 Å². The maximum atomic E-state index is 11.5. The topological polar surface area (TPSA) is 92.2 Å². The lowest BCUT2D eigenvalue weighted by Gasteiger charge is -2.16. The quantitative estimate of drug-likeness (QED) is 0.209. The van der Waals surface area contributed by atoms with E-state index in [4.69, 9.17) is 10.1 Å². The second kappa shape index (κ2) is 4.98. The van der Waals surface area contributed by atoms with E-state index in [1.807, 2.05) is 9.47 Å². The Balaban J connectivity index is 2.81. The summed E-state index contributed by atoms with van der Waals surface area (Å²) in [5, 5.41) is 0. The van der Waals surface area contributed by atoms with Crippen LogP contribution in [0.5, 0.6) is 0 Å². The molecule has 0 bridgehead atoms. The number of cyclic esters (lactones) is 1. The lowest BCUT2D eigenvalue weighted by molar-refractivity contribution is -0.139. The first-order chi connectivity index (χ1) is 7.11. The third-order valence-electron chi connectivity index (χ3n) is 1.97. The Morgan fingerprint density at radius 2 is 2.53 bits per heavy atom. The highest BCUT2D eigenvalue weighted by atomic mass is 31.0. The monoisotopic (exact) mass is 231 g/mol. The molecule has 1 rings (SSSR count). The van der Waals surface area contributed by atoms with Gasteiger partial charge in [0.25, 0.3) is 0 Å². The van der Waals surface area contributed by atoms with Crippen molar-refractivity contribution in [1.82, 2.24) is 4.90 Å². The zero-order valence-electron chi connectivity index (χ0n) is 8.04. The number of carbonyl (C=O) groups is 2. The molecule has 1 heterocycles. The summed E-state index contributed by atoms with van der Waals surface area (Å²) in [7, 11) is 1.98. The molecule has 1 aliphatic rings. The van der Waals surface area contributed by atoms with Gasteiger partial charge in [-0.3, -0.25) is 9.69 Å². The van der Waals surface area contributed by atoms with E-state index < -0.39 is 17.9 Å². The Hall–Kier alpha value is -1.29. The van der Waals surface area contributed by atoms with Crippen molar-refractivity contribution >= 4 is 27.1 Å². The number of rotatable bonds is 3. The van der Waals surface area contributed by atoms with Gasteiger partial charge in [-0.1, -0.05) is 0 Å². The molecule has 0 saturated carbocycles. The molecule has 0 aromatic rings. The molecule has 0 aromatic heterocycles. The molecule has 1 aliphatic heterocycles. The van der Waals surface area contributed by atoms with Gasteiger partial charge >= 0.3 is 17.6 Å². The Labute approximate surface area is 88.2 Å². The summed E-state index contributed by atoms with van der Waals surface area (Å²) < 4.78 is 9.40. The van der Waals surface area contributed by atoms with E-state index in [1.165, 1.54) is 6.92 Å². The summed E-state index contributed by atoms with van der Waals surface area (Å²) in [4.78, 5) is 26.6. The zero-order valence-corrected chi connectivity index (χ0v) is 9.20. The number of hydrogen-bond acceptors (Lipinski definition) is 4. The van der Waals surface area contributed by atoms with Crippen LogP contribution in [0.3, 0.4) is 0 Å². The number of ether oxygens (including phenoxy) is 1. The van der Waals surface area contributed by atoms with Gasteiger partial charge in [0.1, 0.15) is 0 Å². The smallest absolute Gasteiger partial charge is 0.353 e. The molecular weight excluding hydrogens is 221 g/mol. The highest BCUT2D eigenvalue weighted by molar-refractivity contribution is 7.09. The summed E-state index contributed by atoms with van der Waals surface area (Å²) in [6.07, 6.45) is 0. The van der Waals surface area contributed by atoms with E-state index in [-0.39, 0.29) is 19.0 Å². The molecule has 82 valence electrons. The number of carbonyl (C=O) groups excluding carboxylic acids is 2. The van der Waals surface area contributed by atoms with Crippen LogP contribution in [0.1, 0.15) is 6.92 Å². The molecule has 0 aromatic carbocycles. The maximum Gasteiger partial charge on any atom is 0.353 e. The fourth-order valence-electron chi connectivity index (χ4n) is 1.15. The molecule has 1 saturated heterocycles. The van der Waals surface area contributed by atoms with Gasteiger partial charge in [-0.05, 0) is 0 Å². The summed E-state index contributed by atoms with van der Waals surface area (Å²) in [6, 6.07) is -0.785. The minimum Gasteiger partial charge on any atom is -0.443 e. The van der Waals surface area contributed by atoms with Gasteiger partial charge in [-0.25, -0.2) is 4.79 Å². The Bertz CT molecular complexity index is 339. The van der Waals surface area contributed by atoms with E-state index in [1.54, 1.807) is 0 Å². The van der Waals surface area contributed by atoms with Crippen LogP contribution < -0.4 is 0 Å². The Morgan fingerprint density at radius 1 is 1.87 bits per heavy atom. The molecule has 15 heavy (non-hydrogen) atoms. The van der Waals surface area contributed by atoms with E-state index in [2.05, 4.69) is 9.53 Å². The number of hydrogen-bond donors (Lipinski definition) is 0. The van der Waals surface area contributed by atoms with Crippen molar-refractivity contribution in [3.8, 4) is 0 Å². The van der Waals surface area contributed by atoms with Gasteiger partial charge in [0, 0.05) is 16.4 Å². The molecule has 7 nitrogen and oxygen atoms in total. The van der Waals surface area contributed by atoms with E-state index in [0.717, 1.165) is 4.90 Å². The van der Waals surface area contributed by atoms with Crippen LogP contribution in [0.4, 0.5) is 0 Å². The molecule has 0 spiro atoms. The summed E-state index contributed by atoms with van der Waals surface area (Å²) in [5.41, 5.74) is 8.32. The molecule has 1 amide bonds. The van der Waals surface area contributed by atoms with Crippen molar-refractivity contribution in [3.05, 3.63) is 5.53 Å². The first kappa shape index (κ1) is 11.8. The summed E-state index contributed by atoms with van der Waals surface area (Å²) in [6.45, 7) is 1.21. The van der Waals surface area contributed by atoms with Crippen LogP contribution in [0.25, 0.3) is 5.53 Å². The van der Waals surface area contributed by atoms with Crippen molar-refractivity contribution in [1.29, 1.82) is 0 Å². The van der Waals surface area contributed by atoms with Gasteiger partial charge in [0.15, 0.2) is 12.8 Å². The highest BCUT2D eigenvalue weighted by Gasteiger charge is 2.40. The molecule has 0 radical (unpaired) electrons. The lowest BCUT2D eigenvalue weighted by Crippen LogP contribution is -2.43. The van der Waals surface area contributed by atoms with Crippen LogP contribution in [0, 0.1) is 0 Å². The Kier molecular flexibility index (Phi) is 3.91. The van der Waals surface area contributed by atoms with E-state index in [0.29, 0.717) is 0 Å². The van der Waals surface area contributed by atoms with Gasteiger partial charge in [-0.2, -0.15) is 4.79 Å². The van der Waals surface area contributed by atoms with Crippen LogP contribution in [0.2, 0.25) is 0 Å². The summed E-state index contributed by atoms with van der Waals surface area (Å²) in [5.74, 6) is -1.09. The van der Waals surface area contributed by atoms with E-state index >= 15 is 0 Å². The van der Waals surface area contributed by atoms with Gasteiger partial charge in [-0.15, -0.1) is 0 Å². The van der Waals surface area contributed by atoms with Gasteiger partial charge in [0.2, 0.25) is 0 Å². The second-order valence-corrected chi connectivity index (χ2v) is 3.24. The van der Waals surface area contributed by atoms with Crippen molar-refractivity contribution in [2.75, 3.05) is 13.3 Å². The molecule has 0 aliphatic carbocycles. The van der Waals surface area contributed by atoms with Crippen LogP contribution in [-0.4, -0.2) is 46.7 Å². The highest BCUT2D eigenvalue weighted by Crippen LogP contribution is 2.13. The number of amides is 1. The van der Waals surface area contributed by atoms with Crippen molar-refractivity contribution in [2.24, 2.45) is 0 Å². The third kappa shape index (κ3) is 2.39. The van der Waals surface area contributed by atoms with Gasteiger partial charge < -0.3 is 14.8 Å². The average molecular weight is 231 g/mol. The number of esters is 1. The maximum absolute atomic E-state index is 11.5. The third-order valence-corrected chi connectivity index (χ3v) is 2.16. The zero-order chi connectivity index (χ0) is 11.4. The number of nitrogens with zero attached hydrogens (tertiary/aromatic N) is 3. The minimum atomic E-state index is -0.785. The molecule has 2 unspecified atom stereocenters. The predicted octanol–water partition coefficient (Wildman–Crippen LogP) is -0.805. The van der Waals surface area contributed by atoms with Crippen molar-refractivity contribution in [3.63, 3.8) is 0 Å². The largest absolute Gasteiger partial charge is 0.443 e. The normalized spacial score (nSPS) is 19.7. The van der Waals surface area contributed by atoms with Gasteiger partial charge in [0.05, 0.1) is 6.61 Å². The molecular formula is C7H10N3O4P. The molecule has 8 heteroatoms. The fourth-order valence-corrected chi connectivity index (χ4v) is 1.33. The average Bonchev–Trinajstić information content (AvgIpc) is 2.59. The minimum absolute atomic E-state index is 0.0218. The predicted molar refractivity (Wildman–Crippen MR) is 51.6 cm³/mol. The second-order valence-electron chi connectivity index (χ2n) is 2.90. The first-order valence-corrected chi connectivity index (χ1v) is 4.57. The molecule has 1 fully saturated rings. The van der Waals surface area contributed by atoms with E-state index in [9.17, 15) is 9.59 Å². The summed E-state index contributed by atoms with van der Waals surface area (Å²) >= 11 is 0. The fraction of sp³-hybridized carbons (Fsp3) is 0.571. The first-order valence-electron chi connectivity index (χ1n) is 4.09. The lowest BCUT2D eigenvalue weighted by atomic mass is 10.2. The Morgan fingerprint density at radius 3 is 3.07 bits per heavy atom. The van der Waals surface area contributed by atoms with Crippen molar-refractivity contribution in [2.45, 2.75) is 13.0 Å². The standard InChI is InChI=1S/C7H10N3O4P/c1-4(9-8)6(11)10-3-13-7(12)5(10)2-14-15/h5H,2-3,15H2,1H3. The molecule has 0 N–H and O–H groups in total.